The van der Waals surface area contributed by atoms with Crippen LogP contribution in [-0.4, -0.2) is 37.1 Å². The molecule has 1 aromatic heterocycles. The van der Waals surface area contributed by atoms with Crippen molar-refractivity contribution in [3.63, 3.8) is 0 Å². The number of hydrogen-bond donors (Lipinski definition) is 2. The second-order valence-corrected chi connectivity index (χ2v) is 6.04. The first kappa shape index (κ1) is 12.5. The minimum Gasteiger partial charge on any atom is -0.378 e. The summed E-state index contributed by atoms with van der Waals surface area (Å²) >= 11 is 0. The van der Waals surface area contributed by atoms with Gasteiger partial charge in [0, 0.05) is 12.6 Å². The van der Waals surface area contributed by atoms with Gasteiger partial charge in [-0.15, -0.1) is 0 Å². The zero-order valence-corrected chi connectivity index (χ0v) is 10.8. The second kappa shape index (κ2) is 4.75. The number of aryl methyl sites for hydroxylation is 1. The van der Waals surface area contributed by atoms with Crippen molar-refractivity contribution in [2.24, 2.45) is 0 Å². The van der Waals surface area contributed by atoms with E-state index in [4.69, 9.17) is 4.74 Å². The second-order valence-electron chi connectivity index (χ2n) is 4.36. The van der Waals surface area contributed by atoms with Crippen molar-refractivity contribution in [3.05, 3.63) is 12.0 Å². The SMILES string of the molecule is Cc1ncc(S(=O)(=O)NC2CCOC(C)C2)[nH]1. The van der Waals surface area contributed by atoms with Crippen LogP contribution in [0.25, 0.3) is 0 Å². The maximum Gasteiger partial charge on any atom is 0.257 e. The van der Waals surface area contributed by atoms with Gasteiger partial charge in [-0.25, -0.2) is 18.1 Å². The van der Waals surface area contributed by atoms with Gasteiger partial charge in [-0.2, -0.15) is 0 Å². The number of nitrogens with zero attached hydrogens (tertiary/aromatic N) is 1. The van der Waals surface area contributed by atoms with Gasteiger partial charge >= 0.3 is 0 Å². The third-order valence-electron chi connectivity index (χ3n) is 2.78. The number of nitrogens with one attached hydrogen (secondary N) is 2. The number of ether oxygens (including phenoxy) is 1. The predicted molar refractivity (Wildman–Crippen MR) is 62.1 cm³/mol. The summed E-state index contributed by atoms with van der Waals surface area (Å²) in [6.45, 7) is 4.26. The highest BCUT2D eigenvalue weighted by Crippen LogP contribution is 2.16. The molecule has 17 heavy (non-hydrogen) atoms. The van der Waals surface area contributed by atoms with E-state index in [1.807, 2.05) is 6.92 Å². The van der Waals surface area contributed by atoms with Gasteiger partial charge in [-0.05, 0) is 26.7 Å². The Balaban J connectivity index is 2.07. The molecule has 0 saturated carbocycles. The maximum absolute atomic E-state index is 12.0. The summed E-state index contributed by atoms with van der Waals surface area (Å²) < 4.78 is 32.0. The molecular weight excluding hydrogens is 242 g/mol. The molecule has 0 aromatic carbocycles. The van der Waals surface area contributed by atoms with E-state index in [0.717, 1.165) is 0 Å². The third-order valence-corrected chi connectivity index (χ3v) is 4.21. The quantitative estimate of drug-likeness (QED) is 0.831. The molecule has 0 amide bonds. The number of sulfonamides is 1. The first-order valence-electron chi connectivity index (χ1n) is 5.63. The van der Waals surface area contributed by atoms with E-state index in [0.29, 0.717) is 25.3 Å². The van der Waals surface area contributed by atoms with Gasteiger partial charge in [-0.3, -0.25) is 0 Å². The van der Waals surface area contributed by atoms with Crippen molar-refractivity contribution in [2.45, 2.75) is 43.9 Å². The fourth-order valence-electron chi connectivity index (χ4n) is 1.92. The van der Waals surface area contributed by atoms with E-state index in [1.165, 1.54) is 6.20 Å². The average molecular weight is 259 g/mol. The first-order valence-corrected chi connectivity index (χ1v) is 7.11. The molecule has 2 heterocycles. The fraction of sp³-hybridized carbons (Fsp3) is 0.700. The Morgan fingerprint density at radius 3 is 2.94 bits per heavy atom. The van der Waals surface area contributed by atoms with Crippen LogP contribution in [0.15, 0.2) is 11.2 Å². The Bertz CT molecular complexity index is 483. The minimum atomic E-state index is -3.49. The van der Waals surface area contributed by atoms with E-state index < -0.39 is 10.0 Å². The van der Waals surface area contributed by atoms with E-state index in [2.05, 4.69) is 14.7 Å². The minimum absolute atomic E-state index is 0.0626. The largest absolute Gasteiger partial charge is 0.378 e. The smallest absolute Gasteiger partial charge is 0.257 e. The third kappa shape index (κ3) is 3.05. The van der Waals surface area contributed by atoms with Crippen LogP contribution in [-0.2, 0) is 14.8 Å². The number of H-pyrrole nitrogens is 1. The molecule has 2 rings (SSSR count). The van der Waals surface area contributed by atoms with Crippen LogP contribution in [0.2, 0.25) is 0 Å². The van der Waals surface area contributed by atoms with Gasteiger partial charge in [0.05, 0.1) is 12.3 Å². The molecule has 1 fully saturated rings. The summed E-state index contributed by atoms with van der Waals surface area (Å²) in [4.78, 5) is 6.62. The molecule has 0 aliphatic carbocycles. The lowest BCUT2D eigenvalue weighted by Gasteiger charge is -2.27. The lowest BCUT2D eigenvalue weighted by atomic mass is 10.1. The van der Waals surface area contributed by atoms with Gasteiger partial charge < -0.3 is 9.72 Å². The Labute approximate surface area is 101 Å². The van der Waals surface area contributed by atoms with Gasteiger partial charge in [0.1, 0.15) is 5.82 Å². The first-order chi connectivity index (χ1) is 7.97. The zero-order valence-electron chi connectivity index (χ0n) is 9.93. The molecule has 2 unspecified atom stereocenters. The van der Waals surface area contributed by atoms with E-state index in [9.17, 15) is 8.42 Å². The summed E-state index contributed by atoms with van der Waals surface area (Å²) in [5.41, 5.74) is 0. The molecule has 2 N–H and O–H groups in total. The molecule has 96 valence electrons. The van der Waals surface area contributed by atoms with Crippen molar-refractivity contribution < 1.29 is 13.2 Å². The van der Waals surface area contributed by atoms with Crippen LogP contribution in [0.3, 0.4) is 0 Å². The monoisotopic (exact) mass is 259 g/mol. The molecule has 0 bridgehead atoms. The summed E-state index contributed by atoms with van der Waals surface area (Å²) in [7, 11) is -3.49. The lowest BCUT2D eigenvalue weighted by molar-refractivity contribution is 0.0173. The summed E-state index contributed by atoms with van der Waals surface area (Å²) in [6.07, 6.45) is 2.84. The van der Waals surface area contributed by atoms with Crippen LogP contribution in [0.1, 0.15) is 25.6 Å². The molecule has 1 saturated heterocycles. The van der Waals surface area contributed by atoms with Gasteiger partial charge in [-0.1, -0.05) is 0 Å². The van der Waals surface area contributed by atoms with Gasteiger partial charge in [0.25, 0.3) is 10.0 Å². The molecule has 1 aliphatic rings. The molecule has 7 heteroatoms. The maximum atomic E-state index is 12.0. The highest BCUT2D eigenvalue weighted by Gasteiger charge is 2.25. The number of rotatable bonds is 3. The molecule has 1 aliphatic heterocycles. The zero-order chi connectivity index (χ0) is 12.5. The number of hydrogen-bond acceptors (Lipinski definition) is 4. The number of imidazole rings is 1. The lowest BCUT2D eigenvalue weighted by Crippen LogP contribution is -2.41. The average Bonchev–Trinajstić information content (AvgIpc) is 2.65. The van der Waals surface area contributed by atoms with Crippen LogP contribution >= 0.6 is 0 Å². The topological polar surface area (TPSA) is 84.1 Å². The van der Waals surface area contributed by atoms with Crippen LogP contribution in [0, 0.1) is 6.92 Å². The van der Waals surface area contributed by atoms with Crippen molar-refractivity contribution in [1.29, 1.82) is 0 Å². The molecular formula is C10H17N3O3S. The van der Waals surface area contributed by atoms with Crippen molar-refractivity contribution in [2.75, 3.05) is 6.61 Å². The summed E-state index contributed by atoms with van der Waals surface area (Å²) in [6, 6.07) is -0.0626. The van der Waals surface area contributed by atoms with Crippen LogP contribution in [0.5, 0.6) is 0 Å². The van der Waals surface area contributed by atoms with Gasteiger partial charge in [0.2, 0.25) is 0 Å². The molecule has 2 atom stereocenters. The molecule has 6 nitrogen and oxygen atoms in total. The Morgan fingerprint density at radius 1 is 1.59 bits per heavy atom. The molecule has 0 spiro atoms. The van der Waals surface area contributed by atoms with Crippen molar-refractivity contribution in [1.82, 2.24) is 14.7 Å². The Kier molecular flexibility index (Phi) is 3.50. The molecule has 0 radical (unpaired) electrons. The summed E-state index contributed by atoms with van der Waals surface area (Å²) in [5.74, 6) is 0.589. The van der Waals surface area contributed by atoms with Crippen LogP contribution in [0.4, 0.5) is 0 Å². The highest BCUT2D eigenvalue weighted by molar-refractivity contribution is 7.89. The summed E-state index contributed by atoms with van der Waals surface area (Å²) in [5, 5.41) is 0.120. The fourth-order valence-corrected chi connectivity index (χ4v) is 3.18. The Hall–Kier alpha value is -0.920. The van der Waals surface area contributed by atoms with Crippen LogP contribution < -0.4 is 4.72 Å². The van der Waals surface area contributed by atoms with E-state index in [-0.39, 0.29) is 17.2 Å². The number of aromatic nitrogens is 2. The van der Waals surface area contributed by atoms with E-state index >= 15 is 0 Å². The van der Waals surface area contributed by atoms with Crippen molar-refractivity contribution >= 4 is 10.0 Å². The van der Waals surface area contributed by atoms with Gasteiger partial charge in [0.15, 0.2) is 5.03 Å². The van der Waals surface area contributed by atoms with Crippen molar-refractivity contribution in [3.8, 4) is 0 Å². The normalized spacial score (nSPS) is 26.0. The number of aromatic amines is 1. The highest BCUT2D eigenvalue weighted by atomic mass is 32.2. The van der Waals surface area contributed by atoms with E-state index in [1.54, 1.807) is 6.92 Å². The standard InChI is InChI=1S/C10H17N3O3S/c1-7-5-9(3-4-16-7)13-17(14,15)10-6-11-8(2)12-10/h6-7,9,13H,3-5H2,1-2H3,(H,11,12). The molecule has 1 aromatic rings. The predicted octanol–water partition coefficient (Wildman–Crippen LogP) is 0.564. The Morgan fingerprint density at radius 2 is 2.35 bits per heavy atom.